The van der Waals surface area contributed by atoms with Gasteiger partial charge in [0, 0.05) is 5.56 Å². The van der Waals surface area contributed by atoms with Gasteiger partial charge in [-0.2, -0.15) is 10.2 Å². The van der Waals surface area contributed by atoms with Crippen LogP contribution in [0.3, 0.4) is 0 Å². The number of carbonyl (C=O) groups is 2. The van der Waals surface area contributed by atoms with Crippen LogP contribution in [-0.2, 0) is 0 Å². The number of hydrogen-bond donors (Lipinski definition) is 3. The molecule has 3 aromatic rings. The van der Waals surface area contributed by atoms with Crippen molar-refractivity contribution in [1.29, 1.82) is 0 Å². The van der Waals surface area contributed by atoms with Gasteiger partial charge in [0.25, 0.3) is 5.91 Å². The topological polar surface area (TPSA) is 117 Å². The maximum Gasteiger partial charge on any atom is 0.336 e. The Morgan fingerprint density at radius 1 is 1.08 bits per heavy atom. The van der Waals surface area contributed by atoms with Gasteiger partial charge >= 0.3 is 5.97 Å². The first-order chi connectivity index (χ1) is 12.6. The minimum absolute atomic E-state index is 0.0571. The monoisotopic (exact) mass is 350 g/mol. The van der Waals surface area contributed by atoms with Crippen LogP contribution in [-0.4, -0.2) is 38.1 Å². The summed E-state index contributed by atoms with van der Waals surface area (Å²) in [7, 11) is 0. The van der Waals surface area contributed by atoms with Crippen molar-refractivity contribution in [3.05, 3.63) is 77.6 Å². The standard InChI is InChI=1S/C18H14N4O4/c23-15-11-22(13-7-2-1-3-8-13)21-16(15)17(24)20-19-10-12-6-4-5-9-14(12)18(25)26/h1-11,23H,(H,20,24)(H,25,26)/b19-10+. The number of rotatable bonds is 5. The third-order valence-corrected chi connectivity index (χ3v) is 3.49. The van der Waals surface area contributed by atoms with Crippen molar-refractivity contribution < 1.29 is 19.8 Å². The van der Waals surface area contributed by atoms with Crippen molar-refractivity contribution in [3.8, 4) is 11.4 Å². The van der Waals surface area contributed by atoms with E-state index in [1.807, 2.05) is 6.07 Å². The molecule has 130 valence electrons. The van der Waals surface area contributed by atoms with E-state index in [0.29, 0.717) is 11.3 Å². The highest BCUT2D eigenvalue weighted by Gasteiger charge is 2.16. The number of nitrogens with zero attached hydrogens (tertiary/aromatic N) is 3. The largest absolute Gasteiger partial charge is 0.504 e. The fourth-order valence-corrected chi connectivity index (χ4v) is 2.26. The van der Waals surface area contributed by atoms with E-state index < -0.39 is 11.9 Å². The first-order valence-corrected chi connectivity index (χ1v) is 7.56. The van der Waals surface area contributed by atoms with Gasteiger partial charge in [-0.15, -0.1) is 0 Å². The van der Waals surface area contributed by atoms with Crippen LogP contribution >= 0.6 is 0 Å². The van der Waals surface area contributed by atoms with Crippen LogP contribution in [0.2, 0.25) is 0 Å². The molecule has 0 aliphatic heterocycles. The molecular weight excluding hydrogens is 336 g/mol. The fraction of sp³-hybridized carbons (Fsp3) is 0. The zero-order valence-electron chi connectivity index (χ0n) is 13.4. The fourth-order valence-electron chi connectivity index (χ4n) is 2.26. The molecule has 0 radical (unpaired) electrons. The minimum atomic E-state index is -1.10. The Morgan fingerprint density at radius 3 is 2.50 bits per heavy atom. The molecule has 1 amide bonds. The van der Waals surface area contributed by atoms with Crippen LogP contribution in [0.1, 0.15) is 26.4 Å². The van der Waals surface area contributed by atoms with E-state index in [-0.39, 0.29) is 17.0 Å². The number of hydrazone groups is 1. The number of carbonyl (C=O) groups excluding carboxylic acids is 1. The Bertz CT molecular complexity index is 980. The molecule has 0 atom stereocenters. The Kier molecular flexibility index (Phi) is 4.75. The van der Waals surface area contributed by atoms with Gasteiger partial charge in [0.05, 0.1) is 23.7 Å². The Hall–Kier alpha value is -3.94. The van der Waals surface area contributed by atoms with E-state index in [4.69, 9.17) is 5.11 Å². The lowest BCUT2D eigenvalue weighted by molar-refractivity contribution is 0.0696. The number of carboxylic acids is 1. The van der Waals surface area contributed by atoms with Crippen LogP contribution in [0.15, 0.2) is 65.9 Å². The highest BCUT2D eigenvalue weighted by atomic mass is 16.4. The number of aromatic hydroxyl groups is 1. The van der Waals surface area contributed by atoms with Gasteiger partial charge < -0.3 is 10.2 Å². The first-order valence-electron chi connectivity index (χ1n) is 7.56. The number of nitrogens with one attached hydrogen (secondary N) is 1. The van der Waals surface area contributed by atoms with Crippen LogP contribution in [0.25, 0.3) is 5.69 Å². The van der Waals surface area contributed by atoms with E-state index in [9.17, 15) is 14.7 Å². The highest BCUT2D eigenvalue weighted by Crippen LogP contribution is 2.17. The summed E-state index contributed by atoms with van der Waals surface area (Å²) in [6, 6.07) is 15.2. The lowest BCUT2D eigenvalue weighted by Gasteiger charge is -2.00. The van der Waals surface area contributed by atoms with Gasteiger partial charge in [-0.05, 0) is 18.2 Å². The second kappa shape index (κ2) is 7.31. The molecule has 0 saturated carbocycles. The van der Waals surface area contributed by atoms with Crippen molar-refractivity contribution in [2.45, 2.75) is 0 Å². The predicted molar refractivity (Wildman–Crippen MR) is 93.7 cm³/mol. The van der Waals surface area contributed by atoms with Crippen molar-refractivity contribution >= 4 is 18.1 Å². The van der Waals surface area contributed by atoms with Crippen LogP contribution < -0.4 is 5.43 Å². The molecule has 26 heavy (non-hydrogen) atoms. The molecule has 0 saturated heterocycles. The summed E-state index contributed by atoms with van der Waals surface area (Å²) in [5.41, 5.74) is 3.10. The van der Waals surface area contributed by atoms with Gasteiger partial charge in [-0.25, -0.2) is 14.9 Å². The Morgan fingerprint density at radius 2 is 1.77 bits per heavy atom. The maximum atomic E-state index is 12.1. The zero-order valence-corrected chi connectivity index (χ0v) is 13.4. The summed E-state index contributed by atoms with van der Waals surface area (Å²) in [5, 5.41) is 26.8. The molecule has 0 spiro atoms. The van der Waals surface area contributed by atoms with Crippen molar-refractivity contribution in [3.63, 3.8) is 0 Å². The number of aromatic nitrogens is 2. The second-order valence-corrected chi connectivity index (χ2v) is 5.23. The summed E-state index contributed by atoms with van der Waals surface area (Å²) in [6.07, 6.45) is 2.53. The lowest BCUT2D eigenvalue weighted by Crippen LogP contribution is -2.19. The Balaban J connectivity index is 1.75. The molecular formula is C18H14N4O4. The summed E-state index contributed by atoms with van der Waals surface area (Å²) >= 11 is 0. The second-order valence-electron chi connectivity index (χ2n) is 5.23. The summed E-state index contributed by atoms with van der Waals surface area (Å²) < 4.78 is 1.37. The number of amides is 1. The molecule has 0 fully saturated rings. The zero-order chi connectivity index (χ0) is 18.5. The maximum absolute atomic E-state index is 12.1. The average molecular weight is 350 g/mol. The number of para-hydroxylation sites is 1. The molecule has 1 aromatic heterocycles. The van der Waals surface area contributed by atoms with Crippen molar-refractivity contribution in [2.24, 2.45) is 5.10 Å². The summed E-state index contributed by atoms with van der Waals surface area (Å²) in [6.45, 7) is 0. The molecule has 3 N–H and O–H groups in total. The van der Waals surface area contributed by atoms with Gasteiger partial charge in [-0.1, -0.05) is 36.4 Å². The van der Waals surface area contributed by atoms with E-state index in [1.165, 1.54) is 23.2 Å². The van der Waals surface area contributed by atoms with Crippen LogP contribution in [0.4, 0.5) is 0 Å². The molecule has 2 aromatic carbocycles. The van der Waals surface area contributed by atoms with Gasteiger partial charge in [0.2, 0.25) is 0 Å². The minimum Gasteiger partial charge on any atom is -0.504 e. The van der Waals surface area contributed by atoms with Crippen molar-refractivity contribution in [1.82, 2.24) is 15.2 Å². The molecule has 0 aliphatic rings. The number of hydrogen-bond acceptors (Lipinski definition) is 5. The molecule has 8 heteroatoms. The van der Waals surface area contributed by atoms with E-state index in [1.54, 1.807) is 42.5 Å². The normalized spacial score (nSPS) is 10.8. The molecule has 1 heterocycles. The molecule has 0 unspecified atom stereocenters. The number of carboxylic acid groups (broad SMARTS) is 1. The number of benzene rings is 2. The SMILES string of the molecule is O=C(O)c1ccccc1/C=N/NC(=O)c1nn(-c2ccccc2)cc1O. The van der Waals surface area contributed by atoms with E-state index >= 15 is 0 Å². The summed E-state index contributed by atoms with van der Waals surface area (Å²) in [4.78, 5) is 23.3. The van der Waals surface area contributed by atoms with Crippen LogP contribution in [0, 0.1) is 0 Å². The quantitative estimate of drug-likeness (QED) is 0.481. The summed E-state index contributed by atoms with van der Waals surface area (Å²) in [5.74, 6) is -2.12. The van der Waals surface area contributed by atoms with Crippen LogP contribution in [0.5, 0.6) is 5.75 Å². The van der Waals surface area contributed by atoms with E-state index in [0.717, 1.165) is 0 Å². The number of aromatic carboxylic acids is 1. The lowest BCUT2D eigenvalue weighted by atomic mass is 10.1. The smallest absolute Gasteiger partial charge is 0.336 e. The molecule has 0 bridgehead atoms. The molecule has 0 aliphatic carbocycles. The van der Waals surface area contributed by atoms with Gasteiger partial charge in [0.15, 0.2) is 11.4 Å². The predicted octanol–water partition coefficient (Wildman–Crippen LogP) is 2.04. The molecule has 3 rings (SSSR count). The first kappa shape index (κ1) is 16.9. The molecule has 8 nitrogen and oxygen atoms in total. The van der Waals surface area contributed by atoms with Crippen molar-refractivity contribution in [2.75, 3.05) is 0 Å². The Labute approximate surface area is 148 Å². The highest BCUT2D eigenvalue weighted by molar-refractivity contribution is 5.99. The van der Waals surface area contributed by atoms with Gasteiger partial charge in [-0.3, -0.25) is 4.79 Å². The third kappa shape index (κ3) is 3.59. The van der Waals surface area contributed by atoms with E-state index in [2.05, 4.69) is 15.6 Å². The third-order valence-electron chi connectivity index (χ3n) is 3.49. The average Bonchev–Trinajstić information content (AvgIpc) is 3.04. The van der Waals surface area contributed by atoms with Gasteiger partial charge in [0.1, 0.15) is 0 Å².